The second-order valence-electron chi connectivity index (χ2n) is 7.33. The van der Waals surface area contributed by atoms with Crippen LogP contribution in [0.3, 0.4) is 0 Å². The number of hydrogen-bond donors (Lipinski definition) is 2. The summed E-state index contributed by atoms with van der Waals surface area (Å²) in [6.07, 6.45) is 11.9. The van der Waals surface area contributed by atoms with E-state index in [4.69, 9.17) is 28.6 Å². The molecule has 0 bridgehead atoms. The minimum atomic E-state index is -0.525. The predicted molar refractivity (Wildman–Crippen MR) is 114 cm³/mol. The van der Waals surface area contributed by atoms with Crippen molar-refractivity contribution in [3.05, 3.63) is 34.4 Å². The summed E-state index contributed by atoms with van der Waals surface area (Å²) in [6.45, 7) is 0.634. The lowest BCUT2D eigenvalue weighted by Gasteiger charge is -2.21. The molecule has 2 N–H and O–H groups in total. The lowest BCUT2D eigenvalue weighted by Crippen LogP contribution is -2.51. The number of halogens is 1. The highest BCUT2D eigenvalue weighted by molar-refractivity contribution is 7.80. The van der Waals surface area contributed by atoms with E-state index in [1.165, 1.54) is 51.0 Å². The predicted octanol–water partition coefficient (Wildman–Crippen LogP) is 4.38. The molecule has 5 nitrogen and oxygen atoms in total. The smallest absolute Gasteiger partial charge is 0.263 e. The number of rotatable bonds is 7. The number of unbranched alkanes of at least 4 members (excludes halogenated alkanes) is 1. The van der Waals surface area contributed by atoms with Gasteiger partial charge in [0.05, 0.1) is 11.6 Å². The van der Waals surface area contributed by atoms with Crippen molar-refractivity contribution >= 4 is 46.8 Å². The average Bonchev–Trinajstić information content (AvgIpc) is 2.66. The Balaban J connectivity index is 1.49. The van der Waals surface area contributed by atoms with Crippen molar-refractivity contribution in [2.75, 3.05) is 6.61 Å². The zero-order chi connectivity index (χ0) is 19.9. The van der Waals surface area contributed by atoms with Gasteiger partial charge in [0.1, 0.15) is 11.3 Å². The number of benzene rings is 1. The molecule has 0 unspecified atom stereocenters. The van der Waals surface area contributed by atoms with Gasteiger partial charge in [-0.05, 0) is 54.7 Å². The van der Waals surface area contributed by atoms with E-state index >= 15 is 0 Å². The summed E-state index contributed by atoms with van der Waals surface area (Å²) in [4.78, 5) is 23.8. The Morgan fingerprint density at radius 1 is 1.11 bits per heavy atom. The van der Waals surface area contributed by atoms with Crippen molar-refractivity contribution in [3.8, 4) is 5.75 Å². The minimum absolute atomic E-state index is 0.0115. The Bertz CT molecular complexity index is 766. The summed E-state index contributed by atoms with van der Waals surface area (Å²) >= 11 is 11.1. The van der Waals surface area contributed by atoms with Crippen LogP contribution in [0.15, 0.2) is 23.8 Å². The second kappa shape index (κ2) is 10.0. The summed E-state index contributed by atoms with van der Waals surface area (Å²) in [5, 5.41) is 5.27. The van der Waals surface area contributed by atoms with Gasteiger partial charge in [-0.25, -0.2) is 0 Å². The fourth-order valence-corrected chi connectivity index (χ4v) is 4.12. The highest BCUT2D eigenvalue weighted by atomic mass is 35.5. The highest BCUT2D eigenvalue weighted by Gasteiger charge is 2.25. The van der Waals surface area contributed by atoms with Crippen LogP contribution in [0.25, 0.3) is 6.08 Å². The normalized spacial score (nSPS) is 17.9. The van der Waals surface area contributed by atoms with E-state index in [-0.39, 0.29) is 10.7 Å². The molecule has 0 spiro atoms. The monoisotopic (exact) mass is 420 g/mol. The van der Waals surface area contributed by atoms with E-state index in [1.807, 2.05) is 0 Å². The van der Waals surface area contributed by atoms with Crippen LogP contribution < -0.4 is 15.4 Å². The maximum Gasteiger partial charge on any atom is 0.263 e. The first-order valence-electron chi connectivity index (χ1n) is 9.83. The van der Waals surface area contributed by atoms with Gasteiger partial charge in [-0.15, -0.1) is 0 Å². The fourth-order valence-electron chi connectivity index (χ4n) is 3.69. The molecule has 1 aliphatic carbocycles. The molecule has 2 amide bonds. The van der Waals surface area contributed by atoms with Crippen LogP contribution in [-0.2, 0) is 9.59 Å². The zero-order valence-corrected chi connectivity index (χ0v) is 17.3. The molecule has 2 fully saturated rings. The first kappa shape index (κ1) is 20.8. The lowest BCUT2D eigenvalue weighted by atomic mass is 9.86. The van der Waals surface area contributed by atoms with Gasteiger partial charge in [0.25, 0.3) is 11.8 Å². The third-order valence-corrected chi connectivity index (χ3v) is 5.70. The first-order valence-corrected chi connectivity index (χ1v) is 10.6. The number of ether oxygens (including phenoxy) is 1. The largest absolute Gasteiger partial charge is 0.492 e. The summed E-state index contributed by atoms with van der Waals surface area (Å²) in [5.74, 6) is 0.458. The van der Waals surface area contributed by atoms with Gasteiger partial charge in [0.15, 0.2) is 5.11 Å². The molecule has 3 rings (SSSR count). The van der Waals surface area contributed by atoms with E-state index < -0.39 is 11.8 Å². The van der Waals surface area contributed by atoms with Crippen LogP contribution in [0.5, 0.6) is 5.75 Å². The van der Waals surface area contributed by atoms with Gasteiger partial charge in [-0.2, -0.15) is 0 Å². The fraction of sp³-hybridized carbons (Fsp3) is 0.476. The van der Waals surface area contributed by atoms with Gasteiger partial charge < -0.3 is 4.74 Å². The number of amides is 2. The number of carbonyl (C=O) groups excluding carboxylic acids is 2. The Hall–Kier alpha value is -1.92. The number of hydrogen-bond acceptors (Lipinski definition) is 4. The molecular formula is C21H25ClN2O3S. The molecule has 0 aromatic heterocycles. The lowest BCUT2D eigenvalue weighted by molar-refractivity contribution is -0.123. The van der Waals surface area contributed by atoms with Crippen molar-refractivity contribution in [1.82, 2.24) is 10.6 Å². The molecule has 0 radical (unpaired) electrons. The molecule has 1 saturated carbocycles. The van der Waals surface area contributed by atoms with Gasteiger partial charge in [0.2, 0.25) is 0 Å². The first-order chi connectivity index (χ1) is 13.5. The molecule has 150 valence electrons. The van der Waals surface area contributed by atoms with Crippen molar-refractivity contribution < 1.29 is 14.3 Å². The van der Waals surface area contributed by atoms with Gasteiger partial charge in [0, 0.05) is 0 Å². The molecule has 1 saturated heterocycles. The number of nitrogens with one attached hydrogen (secondary N) is 2. The molecule has 1 aliphatic heterocycles. The van der Waals surface area contributed by atoms with Crippen LogP contribution in [-0.4, -0.2) is 23.5 Å². The Morgan fingerprint density at radius 2 is 1.82 bits per heavy atom. The summed E-state index contributed by atoms with van der Waals surface area (Å²) in [6, 6.07) is 5.21. The number of carbonyl (C=O) groups is 2. The third kappa shape index (κ3) is 5.79. The Kier molecular flexibility index (Phi) is 7.45. The van der Waals surface area contributed by atoms with Gasteiger partial charge in [-0.1, -0.05) is 56.2 Å². The minimum Gasteiger partial charge on any atom is -0.492 e. The topological polar surface area (TPSA) is 67.4 Å². The van der Waals surface area contributed by atoms with Crippen molar-refractivity contribution in [1.29, 1.82) is 0 Å². The van der Waals surface area contributed by atoms with Crippen LogP contribution in [0.1, 0.15) is 56.9 Å². The van der Waals surface area contributed by atoms with E-state index in [0.717, 1.165) is 12.3 Å². The third-order valence-electron chi connectivity index (χ3n) is 5.20. The van der Waals surface area contributed by atoms with Gasteiger partial charge >= 0.3 is 0 Å². The van der Waals surface area contributed by atoms with Crippen LogP contribution >= 0.6 is 23.8 Å². The van der Waals surface area contributed by atoms with E-state index in [0.29, 0.717) is 22.9 Å². The van der Waals surface area contributed by atoms with Crippen LogP contribution in [0.2, 0.25) is 5.02 Å². The maximum absolute atomic E-state index is 11.9. The maximum atomic E-state index is 11.9. The average molecular weight is 421 g/mol. The Labute approximate surface area is 175 Å². The second-order valence-corrected chi connectivity index (χ2v) is 8.15. The molecule has 28 heavy (non-hydrogen) atoms. The molecule has 7 heteroatoms. The molecule has 1 aromatic rings. The molecular weight excluding hydrogens is 396 g/mol. The summed E-state index contributed by atoms with van der Waals surface area (Å²) < 4.78 is 5.80. The van der Waals surface area contributed by atoms with Gasteiger partial charge in [-0.3, -0.25) is 20.2 Å². The highest BCUT2D eigenvalue weighted by Crippen LogP contribution is 2.29. The van der Waals surface area contributed by atoms with Crippen LogP contribution in [0.4, 0.5) is 0 Å². The van der Waals surface area contributed by atoms with Crippen molar-refractivity contribution in [2.24, 2.45) is 5.92 Å². The zero-order valence-electron chi connectivity index (χ0n) is 15.8. The standard InChI is InChI=1S/C21H25ClN2O3S/c22-17-13-15(12-16-19(25)23-21(28)24-20(16)26)9-10-18(17)27-11-5-4-8-14-6-2-1-3-7-14/h9-10,12-14H,1-8,11H2,(H2,23,24,25,26,28). The summed E-state index contributed by atoms with van der Waals surface area (Å²) in [7, 11) is 0. The quantitative estimate of drug-likeness (QED) is 0.297. The Morgan fingerprint density at radius 3 is 2.50 bits per heavy atom. The van der Waals surface area contributed by atoms with Crippen molar-refractivity contribution in [2.45, 2.75) is 51.4 Å². The van der Waals surface area contributed by atoms with E-state index in [1.54, 1.807) is 18.2 Å². The number of thiocarbonyl (C=S) groups is 1. The molecule has 0 atom stereocenters. The summed E-state index contributed by atoms with van der Waals surface area (Å²) in [5.41, 5.74) is 0.629. The SMILES string of the molecule is O=C1NC(=S)NC(=O)C1=Cc1ccc(OCCCCC2CCCCC2)c(Cl)c1. The molecule has 1 aromatic carbocycles. The van der Waals surface area contributed by atoms with E-state index in [2.05, 4.69) is 10.6 Å². The van der Waals surface area contributed by atoms with E-state index in [9.17, 15) is 9.59 Å². The molecule has 2 aliphatic rings. The molecule has 1 heterocycles. The van der Waals surface area contributed by atoms with Crippen LogP contribution in [0, 0.1) is 5.92 Å². The van der Waals surface area contributed by atoms with Crippen molar-refractivity contribution in [3.63, 3.8) is 0 Å².